The molecule has 2 N–H and O–H groups in total. The number of carbonyl (C=O) groups excluding carboxylic acids is 2. The second kappa shape index (κ2) is 10.6. The predicted molar refractivity (Wildman–Crippen MR) is 124 cm³/mol. The molecular weight excluding hydrogens is 444 g/mol. The first-order valence-electron chi connectivity index (χ1n) is 10.1. The van der Waals surface area contributed by atoms with Crippen LogP contribution in [0.1, 0.15) is 28.9 Å². The van der Waals surface area contributed by atoms with Gasteiger partial charge in [0.15, 0.2) is 6.61 Å². The van der Waals surface area contributed by atoms with Crippen molar-refractivity contribution in [2.75, 3.05) is 18.4 Å². The molecular formula is C24H24N2O6S. The van der Waals surface area contributed by atoms with Crippen molar-refractivity contribution in [2.24, 2.45) is 0 Å². The van der Waals surface area contributed by atoms with Crippen LogP contribution in [0.25, 0.3) is 0 Å². The van der Waals surface area contributed by atoms with Crippen LogP contribution < -0.4 is 14.8 Å². The van der Waals surface area contributed by atoms with Gasteiger partial charge in [-0.2, -0.15) is 0 Å². The molecule has 0 aliphatic rings. The van der Waals surface area contributed by atoms with E-state index < -0.39 is 28.5 Å². The molecule has 0 spiro atoms. The number of sulfonamides is 1. The van der Waals surface area contributed by atoms with Gasteiger partial charge in [-0.05, 0) is 42.8 Å². The number of methoxy groups -OCH3 is 1. The van der Waals surface area contributed by atoms with E-state index in [0.717, 1.165) is 5.56 Å². The van der Waals surface area contributed by atoms with E-state index >= 15 is 0 Å². The Morgan fingerprint density at radius 1 is 0.939 bits per heavy atom. The highest BCUT2D eigenvalue weighted by Gasteiger charge is 2.19. The summed E-state index contributed by atoms with van der Waals surface area (Å²) in [6.45, 7) is 1.32. The largest absolute Gasteiger partial charge is 0.495 e. The monoisotopic (exact) mass is 468 g/mol. The van der Waals surface area contributed by atoms with Crippen molar-refractivity contribution in [3.63, 3.8) is 0 Å². The van der Waals surface area contributed by atoms with Gasteiger partial charge in [-0.1, -0.05) is 48.5 Å². The summed E-state index contributed by atoms with van der Waals surface area (Å²) in [6.07, 6.45) is 0. The van der Waals surface area contributed by atoms with Crippen LogP contribution in [0.5, 0.6) is 5.75 Å². The highest BCUT2D eigenvalue weighted by atomic mass is 32.2. The van der Waals surface area contributed by atoms with Gasteiger partial charge in [0.05, 0.1) is 29.3 Å². The average molecular weight is 469 g/mol. The summed E-state index contributed by atoms with van der Waals surface area (Å²) in [5, 5.41) is 2.74. The quantitative estimate of drug-likeness (QED) is 0.465. The molecule has 0 aromatic heterocycles. The lowest BCUT2D eigenvalue weighted by Gasteiger charge is -2.14. The zero-order valence-corrected chi connectivity index (χ0v) is 19.0. The van der Waals surface area contributed by atoms with Crippen LogP contribution >= 0.6 is 0 Å². The Bertz CT molecular complexity index is 1230. The van der Waals surface area contributed by atoms with Gasteiger partial charge >= 0.3 is 5.97 Å². The third-order valence-electron chi connectivity index (χ3n) is 4.74. The number of carbonyl (C=O) groups is 2. The van der Waals surface area contributed by atoms with Gasteiger partial charge in [0.2, 0.25) is 0 Å². The third kappa shape index (κ3) is 6.33. The summed E-state index contributed by atoms with van der Waals surface area (Å²) in [5.74, 6) is -0.930. The molecule has 172 valence electrons. The predicted octanol–water partition coefficient (Wildman–Crippen LogP) is 3.53. The Morgan fingerprint density at radius 3 is 2.36 bits per heavy atom. The fourth-order valence-corrected chi connectivity index (χ4v) is 4.16. The Balaban J connectivity index is 1.63. The number of anilines is 1. The number of hydrogen-bond acceptors (Lipinski definition) is 6. The molecule has 0 bridgehead atoms. The molecule has 0 radical (unpaired) electrons. The number of para-hydroxylation sites is 2. The molecule has 1 atom stereocenters. The molecule has 8 nitrogen and oxygen atoms in total. The molecule has 0 aliphatic carbocycles. The molecule has 3 aromatic carbocycles. The topological polar surface area (TPSA) is 111 Å². The van der Waals surface area contributed by atoms with E-state index in [0.29, 0.717) is 5.75 Å². The highest BCUT2D eigenvalue weighted by molar-refractivity contribution is 7.92. The normalized spacial score (nSPS) is 11.8. The second-order valence-electron chi connectivity index (χ2n) is 7.11. The number of amides is 1. The lowest BCUT2D eigenvalue weighted by Crippen LogP contribution is -2.31. The zero-order chi connectivity index (χ0) is 23.8. The molecule has 0 aliphatic heterocycles. The fourth-order valence-electron chi connectivity index (χ4n) is 3.05. The summed E-state index contributed by atoms with van der Waals surface area (Å²) < 4.78 is 38.2. The van der Waals surface area contributed by atoms with Crippen molar-refractivity contribution in [2.45, 2.75) is 17.9 Å². The van der Waals surface area contributed by atoms with Gasteiger partial charge in [-0.15, -0.1) is 0 Å². The van der Waals surface area contributed by atoms with Crippen LogP contribution in [-0.2, 0) is 19.6 Å². The number of esters is 1. The van der Waals surface area contributed by atoms with Crippen molar-refractivity contribution in [3.8, 4) is 5.75 Å². The minimum absolute atomic E-state index is 0.00168. The van der Waals surface area contributed by atoms with Crippen LogP contribution in [0, 0.1) is 0 Å². The van der Waals surface area contributed by atoms with E-state index in [2.05, 4.69) is 10.0 Å². The summed E-state index contributed by atoms with van der Waals surface area (Å²) in [4.78, 5) is 24.4. The molecule has 0 heterocycles. The van der Waals surface area contributed by atoms with Crippen LogP contribution in [0.2, 0.25) is 0 Å². The van der Waals surface area contributed by atoms with Gasteiger partial charge < -0.3 is 14.8 Å². The SMILES string of the molecule is COc1ccccc1NS(=O)(=O)c1cccc(C(=O)OCC(=O)N[C@@H](C)c2ccccc2)c1. The molecule has 9 heteroatoms. The van der Waals surface area contributed by atoms with Crippen LogP contribution in [0.15, 0.2) is 83.8 Å². The minimum Gasteiger partial charge on any atom is -0.495 e. The lowest BCUT2D eigenvalue weighted by atomic mass is 10.1. The van der Waals surface area contributed by atoms with Gasteiger partial charge in [-0.25, -0.2) is 13.2 Å². The van der Waals surface area contributed by atoms with Gasteiger partial charge in [0.1, 0.15) is 5.75 Å². The van der Waals surface area contributed by atoms with E-state index in [1.807, 2.05) is 37.3 Å². The third-order valence-corrected chi connectivity index (χ3v) is 6.11. The first-order valence-corrected chi connectivity index (χ1v) is 11.6. The Hall–Kier alpha value is -3.85. The van der Waals surface area contributed by atoms with E-state index in [1.165, 1.54) is 31.4 Å². The first-order chi connectivity index (χ1) is 15.8. The van der Waals surface area contributed by atoms with Crippen molar-refractivity contribution in [1.82, 2.24) is 5.32 Å². The average Bonchev–Trinajstić information content (AvgIpc) is 2.83. The maximum atomic E-state index is 12.8. The molecule has 0 saturated carbocycles. The van der Waals surface area contributed by atoms with Crippen molar-refractivity contribution in [3.05, 3.63) is 90.0 Å². The molecule has 0 unspecified atom stereocenters. The van der Waals surface area contributed by atoms with E-state index in [4.69, 9.17) is 9.47 Å². The fraction of sp³-hybridized carbons (Fsp3) is 0.167. The maximum absolute atomic E-state index is 12.8. The Labute approximate surface area is 192 Å². The molecule has 33 heavy (non-hydrogen) atoms. The minimum atomic E-state index is -4.00. The highest BCUT2D eigenvalue weighted by Crippen LogP contribution is 2.26. The van der Waals surface area contributed by atoms with Crippen LogP contribution in [0.4, 0.5) is 5.69 Å². The molecule has 1 amide bonds. The van der Waals surface area contributed by atoms with Crippen molar-refractivity contribution in [1.29, 1.82) is 0 Å². The summed E-state index contributed by atoms with van der Waals surface area (Å²) in [5.41, 5.74) is 1.18. The molecule has 3 rings (SSSR count). The number of hydrogen-bond donors (Lipinski definition) is 2. The summed E-state index contributed by atoms with van der Waals surface area (Å²) in [7, 11) is -2.57. The standard InChI is InChI=1S/C24H24N2O6S/c1-17(18-9-4-3-5-10-18)25-23(27)16-32-24(28)19-11-8-12-20(15-19)33(29,30)26-21-13-6-7-14-22(21)31-2/h3-15,17,26H,16H2,1-2H3,(H,25,27)/t17-/m0/s1. The molecule has 0 saturated heterocycles. The number of ether oxygens (including phenoxy) is 2. The smallest absolute Gasteiger partial charge is 0.338 e. The number of nitrogens with one attached hydrogen (secondary N) is 2. The van der Waals surface area contributed by atoms with E-state index in [1.54, 1.807) is 24.3 Å². The van der Waals surface area contributed by atoms with Gasteiger partial charge in [0, 0.05) is 0 Å². The first kappa shape index (κ1) is 23.8. The summed E-state index contributed by atoms with van der Waals surface area (Å²) >= 11 is 0. The van der Waals surface area contributed by atoms with Gasteiger partial charge in [-0.3, -0.25) is 9.52 Å². The van der Waals surface area contributed by atoms with Crippen molar-refractivity contribution >= 4 is 27.6 Å². The van der Waals surface area contributed by atoms with Gasteiger partial charge in [0.25, 0.3) is 15.9 Å². The lowest BCUT2D eigenvalue weighted by molar-refractivity contribution is -0.124. The molecule has 3 aromatic rings. The van der Waals surface area contributed by atoms with E-state index in [-0.39, 0.29) is 22.2 Å². The van der Waals surface area contributed by atoms with Crippen molar-refractivity contribution < 1.29 is 27.5 Å². The Morgan fingerprint density at radius 2 is 1.64 bits per heavy atom. The number of rotatable bonds is 9. The molecule has 0 fully saturated rings. The Kier molecular flexibility index (Phi) is 7.68. The van der Waals surface area contributed by atoms with Crippen LogP contribution in [-0.4, -0.2) is 34.0 Å². The summed E-state index contributed by atoms with van der Waals surface area (Å²) in [6, 6.07) is 21.0. The second-order valence-corrected chi connectivity index (χ2v) is 8.79. The van der Waals surface area contributed by atoms with E-state index in [9.17, 15) is 18.0 Å². The zero-order valence-electron chi connectivity index (χ0n) is 18.1. The number of benzene rings is 3. The maximum Gasteiger partial charge on any atom is 0.338 e. The van der Waals surface area contributed by atoms with Crippen LogP contribution in [0.3, 0.4) is 0 Å².